The number of aromatic nitrogens is 1. The van der Waals surface area contributed by atoms with Gasteiger partial charge < -0.3 is 20.2 Å². The zero-order valence-electron chi connectivity index (χ0n) is 17.3. The van der Waals surface area contributed by atoms with Crippen molar-refractivity contribution in [2.24, 2.45) is 9.98 Å². The maximum absolute atomic E-state index is 11.4. The van der Waals surface area contributed by atoms with Crippen molar-refractivity contribution >= 4 is 34.7 Å². The summed E-state index contributed by atoms with van der Waals surface area (Å²) in [5, 5.41) is 13.6. The van der Waals surface area contributed by atoms with E-state index in [1.807, 2.05) is 11.0 Å². The summed E-state index contributed by atoms with van der Waals surface area (Å²) in [4.78, 5) is 29.3. The lowest BCUT2D eigenvalue weighted by Gasteiger charge is -2.27. The zero-order valence-corrected chi connectivity index (χ0v) is 17.3. The number of anilines is 1. The molecule has 3 aliphatic rings. The van der Waals surface area contributed by atoms with E-state index in [2.05, 4.69) is 38.4 Å². The van der Waals surface area contributed by atoms with Gasteiger partial charge in [-0.3, -0.25) is 14.8 Å². The Morgan fingerprint density at radius 3 is 3.00 bits per heavy atom. The summed E-state index contributed by atoms with van der Waals surface area (Å²) in [6.45, 7) is 4.65. The van der Waals surface area contributed by atoms with Gasteiger partial charge >= 0.3 is 0 Å². The molecule has 1 aromatic carbocycles. The Bertz CT molecular complexity index is 1110. The fraction of sp³-hybridized carbons (Fsp3) is 0.304. The van der Waals surface area contributed by atoms with E-state index < -0.39 is 0 Å². The molecule has 0 spiro atoms. The number of hydrogen-bond acceptors (Lipinski definition) is 7. The molecule has 1 saturated heterocycles. The van der Waals surface area contributed by atoms with Gasteiger partial charge in [0.1, 0.15) is 17.4 Å². The molecule has 4 heterocycles. The quantitative estimate of drug-likeness (QED) is 0.747. The van der Waals surface area contributed by atoms with Crippen molar-refractivity contribution in [1.29, 1.82) is 0 Å². The minimum Gasteiger partial charge on any atom is -0.507 e. The SMILES string of the molecule is CC(=O)NC1CCN(c2ccc3c(c2)N=C(/C=C(\O)c2cccnc2)N2CCN=C32)C1. The number of pyridine rings is 1. The Morgan fingerprint density at radius 2 is 2.19 bits per heavy atom. The predicted molar refractivity (Wildman–Crippen MR) is 121 cm³/mol. The number of amides is 1. The highest BCUT2D eigenvalue weighted by Crippen LogP contribution is 2.34. The second-order valence-electron chi connectivity index (χ2n) is 7.93. The van der Waals surface area contributed by atoms with Crippen molar-refractivity contribution in [3.8, 4) is 0 Å². The maximum atomic E-state index is 11.4. The van der Waals surface area contributed by atoms with Crippen molar-refractivity contribution in [3.05, 3.63) is 59.9 Å². The first-order valence-corrected chi connectivity index (χ1v) is 10.5. The third-order valence-electron chi connectivity index (χ3n) is 5.76. The van der Waals surface area contributed by atoms with Crippen LogP contribution in [0.5, 0.6) is 0 Å². The second kappa shape index (κ2) is 7.86. The summed E-state index contributed by atoms with van der Waals surface area (Å²) in [7, 11) is 0. The molecule has 1 atom stereocenters. The molecule has 0 bridgehead atoms. The van der Waals surface area contributed by atoms with E-state index in [4.69, 9.17) is 4.99 Å². The first kappa shape index (κ1) is 19.3. The summed E-state index contributed by atoms with van der Waals surface area (Å²) >= 11 is 0. The van der Waals surface area contributed by atoms with Crippen LogP contribution < -0.4 is 10.2 Å². The van der Waals surface area contributed by atoms with E-state index >= 15 is 0 Å². The van der Waals surface area contributed by atoms with E-state index in [0.29, 0.717) is 17.9 Å². The zero-order chi connectivity index (χ0) is 21.4. The summed E-state index contributed by atoms with van der Waals surface area (Å²) in [5.41, 5.74) is 3.55. The molecule has 0 aliphatic carbocycles. The summed E-state index contributed by atoms with van der Waals surface area (Å²) in [6, 6.07) is 10.00. The van der Waals surface area contributed by atoms with Crippen LogP contribution in [0.2, 0.25) is 0 Å². The lowest BCUT2D eigenvalue weighted by Crippen LogP contribution is -2.36. The number of aliphatic hydroxyl groups is 1. The summed E-state index contributed by atoms with van der Waals surface area (Å²) in [5.74, 6) is 1.68. The van der Waals surface area contributed by atoms with Crippen LogP contribution in [0.15, 0.2) is 58.8 Å². The molecule has 31 heavy (non-hydrogen) atoms. The lowest BCUT2D eigenvalue weighted by molar-refractivity contribution is -0.119. The smallest absolute Gasteiger partial charge is 0.217 e. The molecule has 3 aliphatic heterocycles. The normalized spacial score (nSPS) is 20.2. The number of rotatable bonds is 4. The highest BCUT2D eigenvalue weighted by Gasteiger charge is 2.30. The van der Waals surface area contributed by atoms with Gasteiger partial charge in [0, 0.05) is 67.9 Å². The van der Waals surface area contributed by atoms with Crippen molar-refractivity contribution in [1.82, 2.24) is 15.2 Å². The molecule has 1 fully saturated rings. The average Bonchev–Trinajstić information content (AvgIpc) is 3.44. The topological polar surface area (TPSA) is 93.4 Å². The predicted octanol–water partition coefficient (Wildman–Crippen LogP) is 2.50. The maximum Gasteiger partial charge on any atom is 0.217 e. The minimum absolute atomic E-state index is 0.00563. The van der Waals surface area contributed by atoms with Crippen LogP contribution >= 0.6 is 0 Å². The highest BCUT2D eigenvalue weighted by atomic mass is 16.3. The Balaban J connectivity index is 1.47. The summed E-state index contributed by atoms with van der Waals surface area (Å²) in [6.07, 6.45) is 5.90. The average molecular weight is 416 g/mol. The molecule has 8 nitrogen and oxygen atoms in total. The molecule has 0 radical (unpaired) electrons. The number of nitrogens with one attached hydrogen (secondary N) is 1. The molecule has 158 valence electrons. The molecule has 2 aromatic rings. The number of aliphatic hydroxyl groups excluding tert-OH is 1. The Hall–Kier alpha value is -3.68. The standard InChI is InChI=1S/C23H24N6O2/c1-15(30)26-17-6-9-28(14-17)18-4-5-19-20(11-18)27-22(29-10-8-25-23(19)29)12-21(31)16-3-2-7-24-13-16/h2-5,7,11-13,17,31H,6,8-10,14H2,1H3,(H,26,30)/b21-12-. The molecule has 5 rings (SSSR count). The third kappa shape index (κ3) is 3.76. The van der Waals surface area contributed by atoms with Crippen molar-refractivity contribution in [2.45, 2.75) is 19.4 Å². The molecule has 1 aromatic heterocycles. The number of amidine groups is 2. The lowest BCUT2D eigenvalue weighted by atomic mass is 10.1. The van der Waals surface area contributed by atoms with Gasteiger partial charge in [-0.15, -0.1) is 0 Å². The van der Waals surface area contributed by atoms with Gasteiger partial charge in [-0.05, 0) is 36.8 Å². The van der Waals surface area contributed by atoms with E-state index in [1.54, 1.807) is 31.5 Å². The molecule has 1 unspecified atom stereocenters. The third-order valence-corrected chi connectivity index (χ3v) is 5.76. The number of aliphatic imine (C=N–C) groups is 2. The van der Waals surface area contributed by atoms with E-state index in [-0.39, 0.29) is 17.7 Å². The number of hydrogen-bond donors (Lipinski definition) is 2. The van der Waals surface area contributed by atoms with Gasteiger partial charge in [-0.2, -0.15) is 0 Å². The fourth-order valence-corrected chi connectivity index (χ4v) is 4.31. The Morgan fingerprint density at radius 1 is 1.29 bits per heavy atom. The van der Waals surface area contributed by atoms with Crippen molar-refractivity contribution in [3.63, 3.8) is 0 Å². The van der Waals surface area contributed by atoms with Gasteiger partial charge in [0.15, 0.2) is 0 Å². The van der Waals surface area contributed by atoms with Gasteiger partial charge in [0.05, 0.1) is 12.2 Å². The molecular formula is C23H24N6O2. The van der Waals surface area contributed by atoms with Gasteiger partial charge in [-0.25, -0.2) is 4.99 Å². The van der Waals surface area contributed by atoms with Crippen LogP contribution in [-0.2, 0) is 4.79 Å². The fourth-order valence-electron chi connectivity index (χ4n) is 4.31. The molecule has 2 N–H and O–H groups in total. The van der Waals surface area contributed by atoms with Gasteiger partial charge in [0.2, 0.25) is 5.91 Å². The van der Waals surface area contributed by atoms with Gasteiger partial charge in [0.25, 0.3) is 0 Å². The van der Waals surface area contributed by atoms with Crippen LogP contribution in [0, 0.1) is 0 Å². The molecule has 1 amide bonds. The minimum atomic E-state index is 0.00563. The van der Waals surface area contributed by atoms with E-state index in [0.717, 1.165) is 48.8 Å². The van der Waals surface area contributed by atoms with Crippen LogP contribution in [-0.4, -0.2) is 64.8 Å². The Kier molecular flexibility index (Phi) is 4.89. The van der Waals surface area contributed by atoms with Crippen molar-refractivity contribution < 1.29 is 9.90 Å². The molecule has 8 heteroatoms. The van der Waals surface area contributed by atoms with Crippen LogP contribution in [0.25, 0.3) is 5.76 Å². The van der Waals surface area contributed by atoms with Gasteiger partial charge in [-0.1, -0.05) is 0 Å². The molecular weight excluding hydrogens is 392 g/mol. The number of fused-ring (bicyclic) bond motifs is 3. The number of nitrogens with zero attached hydrogens (tertiary/aromatic N) is 5. The highest BCUT2D eigenvalue weighted by molar-refractivity contribution is 6.20. The second-order valence-corrected chi connectivity index (χ2v) is 7.93. The summed E-state index contributed by atoms with van der Waals surface area (Å²) < 4.78 is 0. The Labute approximate surface area is 180 Å². The number of carbonyl (C=O) groups is 1. The molecule has 0 saturated carbocycles. The first-order chi connectivity index (χ1) is 15.1. The van der Waals surface area contributed by atoms with Crippen LogP contribution in [0.4, 0.5) is 11.4 Å². The van der Waals surface area contributed by atoms with E-state index in [1.165, 1.54) is 0 Å². The van der Waals surface area contributed by atoms with E-state index in [9.17, 15) is 9.90 Å². The largest absolute Gasteiger partial charge is 0.507 e. The van der Waals surface area contributed by atoms with Crippen LogP contribution in [0.3, 0.4) is 0 Å². The number of carbonyl (C=O) groups excluding carboxylic acids is 1. The first-order valence-electron chi connectivity index (χ1n) is 10.5. The number of benzene rings is 1. The monoisotopic (exact) mass is 416 g/mol. The van der Waals surface area contributed by atoms with Crippen LogP contribution in [0.1, 0.15) is 24.5 Å². The van der Waals surface area contributed by atoms with Crippen molar-refractivity contribution in [2.75, 3.05) is 31.1 Å².